The minimum atomic E-state index is 0.398. The summed E-state index contributed by atoms with van der Waals surface area (Å²) in [5.74, 6) is 0. The van der Waals surface area contributed by atoms with Crippen molar-refractivity contribution in [1.29, 1.82) is 5.26 Å². The van der Waals surface area contributed by atoms with E-state index in [0.29, 0.717) is 12.2 Å². The number of nitrogens with zero attached hydrogens (tertiary/aromatic N) is 2. The van der Waals surface area contributed by atoms with E-state index in [1.165, 1.54) is 0 Å². The topological polar surface area (TPSA) is 45.4 Å². The minimum absolute atomic E-state index is 0.398. The van der Waals surface area contributed by atoms with Gasteiger partial charge in [0, 0.05) is 6.72 Å². The molecule has 0 aliphatic rings. The molecule has 0 spiro atoms. The van der Waals surface area contributed by atoms with Gasteiger partial charge in [0.25, 0.3) is 0 Å². The molecule has 0 bridgehead atoms. The first kappa shape index (κ1) is 8.28. The summed E-state index contributed by atoms with van der Waals surface area (Å²) in [5, 5.41) is 11.8. The molecule has 0 unspecified atom stereocenters. The summed E-state index contributed by atoms with van der Waals surface area (Å²) in [7, 11) is 0. The van der Waals surface area contributed by atoms with Crippen LogP contribution in [0.4, 0.5) is 0 Å². The van der Waals surface area contributed by atoms with E-state index < -0.39 is 0 Å². The maximum atomic E-state index is 8.49. The van der Waals surface area contributed by atoms with Gasteiger partial charge in [0.1, 0.15) is 6.61 Å². The predicted molar refractivity (Wildman–Crippen MR) is 45.5 cm³/mol. The van der Waals surface area contributed by atoms with E-state index in [4.69, 9.17) is 10.1 Å². The summed E-state index contributed by atoms with van der Waals surface area (Å²) in [5.41, 5.74) is 1.62. The molecule has 0 aliphatic carbocycles. The normalized spacial score (nSPS) is 8.58. The van der Waals surface area contributed by atoms with Crippen molar-refractivity contribution in [2.45, 2.75) is 6.61 Å². The molecule has 12 heavy (non-hydrogen) atoms. The zero-order chi connectivity index (χ0) is 8.81. The highest BCUT2D eigenvalue weighted by Crippen LogP contribution is 2.04. The Bertz CT molecular complexity index is 297. The largest absolute Gasteiger partial charge is 0.391 e. The molecule has 1 aromatic rings. The molecule has 3 heteroatoms. The van der Waals surface area contributed by atoms with Gasteiger partial charge in [-0.25, -0.2) is 0 Å². The summed E-state index contributed by atoms with van der Waals surface area (Å²) in [6, 6.07) is 9.16. The van der Waals surface area contributed by atoms with Crippen molar-refractivity contribution in [2.24, 2.45) is 5.16 Å². The average molecular weight is 160 g/mol. The molecule has 0 fully saturated rings. The Morgan fingerprint density at radius 1 is 1.42 bits per heavy atom. The van der Waals surface area contributed by atoms with Gasteiger partial charge in [0.15, 0.2) is 0 Å². The summed E-state index contributed by atoms with van der Waals surface area (Å²) < 4.78 is 0. The van der Waals surface area contributed by atoms with Crippen LogP contribution in [0.3, 0.4) is 0 Å². The highest BCUT2D eigenvalue weighted by atomic mass is 16.6. The van der Waals surface area contributed by atoms with Crippen LogP contribution < -0.4 is 0 Å². The molecular weight excluding hydrogens is 152 g/mol. The molecule has 0 heterocycles. The fourth-order valence-corrected chi connectivity index (χ4v) is 0.796. The molecule has 0 radical (unpaired) electrons. The lowest BCUT2D eigenvalue weighted by atomic mass is 10.2. The standard InChI is InChI=1S/C9H8N2O/c1-11-12-7-9-4-2-8(6-10)3-5-9/h2-5H,1,7H2. The van der Waals surface area contributed by atoms with E-state index in [-0.39, 0.29) is 0 Å². The molecule has 60 valence electrons. The van der Waals surface area contributed by atoms with Crippen LogP contribution in [0.15, 0.2) is 29.4 Å². The van der Waals surface area contributed by atoms with E-state index in [9.17, 15) is 0 Å². The van der Waals surface area contributed by atoms with Gasteiger partial charge in [-0.3, -0.25) is 0 Å². The third-order valence-electron chi connectivity index (χ3n) is 1.41. The van der Waals surface area contributed by atoms with Crippen molar-refractivity contribution in [3.8, 4) is 6.07 Å². The third kappa shape index (κ3) is 2.10. The summed E-state index contributed by atoms with van der Waals surface area (Å²) in [6.45, 7) is 3.58. The van der Waals surface area contributed by atoms with Crippen LogP contribution >= 0.6 is 0 Å². The molecule has 1 rings (SSSR count). The van der Waals surface area contributed by atoms with Crippen molar-refractivity contribution in [3.05, 3.63) is 35.4 Å². The van der Waals surface area contributed by atoms with Crippen LogP contribution in [0, 0.1) is 11.3 Å². The second kappa shape index (κ2) is 4.14. The molecule has 1 aromatic carbocycles. The third-order valence-corrected chi connectivity index (χ3v) is 1.41. The van der Waals surface area contributed by atoms with Crippen LogP contribution in [-0.2, 0) is 11.4 Å². The van der Waals surface area contributed by atoms with Crippen molar-refractivity contribution < 1.29 is 4.84 Å². The quantitative estimate of drug-likeness (QED) is 0.499. The number of rotatable bonds is 3. The van der Waals surface area contributed by atoms with E-state index in [2.05, 4.69) is 11.9 Å². The molecule has 0 atom stereocenters. The Morgan fingerprint density at radius 2 is 2.08 bits per heavy atom. The lowest BCUT2D eigenvalue weighted by molar-refractivity contribution is 0.133. The molecule has 0 saturated heterocycles. The fraction of sp³-hybridized carbons (Fsp3) is 0.111. The van der Waals surface area contributed by atoms with Gasteiger partial charge in [-0.1, -0.05) is 12.1 Å². The number of hydrogen-bond donors (Lipinski definition) is 0. The number of benzene rings is 1. The predicted octanol–water partition coefficient (Wildman–Crippen LogP) is 1.69. The Morgan fingerprint density at radius 3 is 2.58 bits per heavy atom. The van der Waals surface area contributed by atoms with Gasteiger partial charge in [0.05, 0.1) is 11.6 Å². The Kier molecular flexibility index (Phi) is 2.86. The Balaban J connectivity index is 2.66. The fourth-order valence-electron chi connectivity index (χ4n) is 0.796. The SMILES string of the molecule is C=NOCc1ccc(C#N)cc1. The van der Waals surface area contributed by atoms with Gasteiger partial charge in [0.2, 0.25) is 0 Å². The van der Waals surface area contributed by atoms with Crippen LogP contribution in [0.2, 0.25) is 0 Å². The van der Waals surface area contributed by atoms with E-state index in [0.717, 1.165) is 5.56 Å². The van der Waals surface area contributed by atoms with Crippen LogP contribution in [0.1, 0.15) is 11.1 Å². The Labute approximate surface area is 70.9 Å². The van der Waals surface area contributed by atoms with Crippen LogP contribution in [0.25, 0.3) is 0 Å². The number of nitriles is 1. The molecule has 3 nitrogen and oxygen atoms in total. The molecule has 0 saturated carbocycles. The van der Waals surface area contributed by atoms with E-state index in [1.807, 2.05) is 18.2 Å². The zero-order valence-electron chi connectivity index (χ0n) is 6.53. The van der Waals surface area contributed by atoms with Gasteiger partial charge < -0.3 is 4.84 Å². The first-order valence-corrected chi connectivity index (χ1v) is 3.44. The smallest absolute Gasteiger partial charge is 0.142 e. The highest BCUT2D eigenvalue weighted by Gasteiger charge is 1.92. The first-order valence-electron chi connectivity index (χ1n) is 3.44. The van der Waals surface area contributed by atoms with Crippen molar-refractivity contribution in [1.82, 2.24) is 0 Å². The molecule has 0 aliphatic heterocycles. The van der Waals surface area contributed by atoms with Crippen LogP contribution in [0.5, 0.6) is 0 Å². The van der Waals surface area contributed by atoms with E-state index >= 15 is 0 Å². The van der Waals surface area contributed by atoms with Crippen LogP contribution in [-0.4, -0.2) is 6.72 Å². The second-order valence-electron chi connectivity index (χ2n) is 2.21. The van der Waals surface area contributed by atoms with Gasteiger partial charge >= 0.3 is 0 Å². The molecule has 0 amide bonds. The number of oxime groups is 1. The van der Waals surface area contributed by atoms with Crippen molar-refractivity contribution in [2.75, 3.05) is 0 Å². The number of hydrogen-bond acceptors (Lipinski definition) is 3. The lowest BCUT2D eigenvalue weighted by Gasteiger charge is -1.97. The van der Waals surface area contributed by atoms with Crippen molar-refractivity contribution >= 4 is 6.72 Å². The maximum absolute atomic E-state index is 8.49. The van der Waals surface area contributed by atoms with E-state index in [1.54, 1.807) is 12.1 Å². The molecule has 0 aromatic heterocycles. The second-order valence-corrected chi connectivity index (χ2v) is 2.21. The summed E-state index contributed by atoms with van der Waals surface area (Å²) in [4.78, 5) is 4.72. The Hall–Kier alpha value is -1.82. The van der Waals surface area contributed by atoms with Gasteiger partial charge in [-0.15, -0.1) is 5.16 Å². The van der Waals surface area contributed by atoms with Gasteiger partial charge in [-0.05, 0) is 17.7 Å². The lowest BCUT2D eigenvalue weighted by Crippen LogP contribution is -1.85. The average Bonchev–Trinajstić information content (AvgIpc) is 2.15. The summed E-state index contributed by atoms with van der Waals surface area (Å²) >= 11 is 0. The van der Waals surface area contributed by atoms with Crippen molar-refractivity contribution in [3.63, 3.8) is 0 Å². The highest BCUT2D eigenvalue weighted by molar-refractivity contribution is 5.31. The first-order chi connectivity index (χ1) is 5.86. The molecular formula is C9H8N2O. The minimum Gasteiger partial charge on any atom is -0.391 e. The monoisotopic (exact) mass is 160 g/mol. The van der Waals surface area contributed by atoms with Gasteiger partial charge in [-0.2, -0.15) is 5.26 Å². The maximum Gasteiger partial charge on any atom is 0.142 e. The zero-order valence-corrected chi connectivity index (χ0v) is 6.53. The molecule has 0 N–H and O–H groups in total. The summed E-state index contributed by atoms with van der Waals surface area (Å²) in [6.07, 6.45) is 0.